The largest absolute Gasteiger partial charge is 0.493 e. The number of hydrogen-bond donors (Lipinski definition) is 2. The Hall–Kier alpha value is -1.32. The maximum Gasteiger partial charge on any atom is 0.411 e. The molecule has 1 aromatic heterocycles. The van der Waals surface area contributed by atoms with E-state index < -0.39 is 18.8 Å². The van der Waals surface area contributed by atoms with Gasteiger partial charge >= 0.3 is 6.18 Å². The Morgan fingerprint density at radius 3 is 2.68 bits per heavy atom. The number of aryl methyl sites for hydroxylation is 1. The normalized spacial score (nSPS) is 13.6. The van der Waals surface area contributed by atoms with Gasteiger partial charge in [-0.15, -0.1) is 0 Å². The van der Waals surface area contributed by atoms with Gasteiger partial charge in [-0.05, 0) is 6.92 Å². The lowest BCUT2D eigenvalue weighted by molar-refractivity contribution is -0.175. The Kier molecular flexibility index (Phi) is 5.58. The topological polar surface area (TPSA) is 74.3 Å². The molecule has 1 heterocycles. The van der Waals surface area contributed by atoms with E-state index in [2.05, 4.69) is 15.3 Å². The number of hydrazine groups is 1. The van der Waals surface area contributed by atoms with Gasteiger partial charge in [-0.1, -0.05) is 0 Å². The minimum atomic E-state index is -4.37. The first-order chi connectivity index (χ1) is 8.92. The summed E-state index contributed by atoms with van der Waals surface area (Å²) < 4.78 is 47.4. The molecular formula is C10H17F3N4O2. The maximum atomic E-state index is 12.0. The van der Waals surface area contributed by atoms with Crippen LogP contribution in [0.25, 0.3) is 0 Å². The molecule has 1 rings (SSSR count). The molecule has 0 aliphatic carbocycles. The van der Waals surface area contributed by atoms with E-state index in [0.29, 0.717) is 18.0 Å². The Bertz CT molecular complexity index is 373. The SMILES string of the molecule is CCn1ncc(OC)c1C(COCC(F)(F)F)NN. The molecule has 0 aliphatic rings. The molecule has 110 valence electrons. The molecule has 3 N–H and O–H groups in total. The second-order valence-corrected chi connectivity index (χ2v) is 3.76. The lowest BCUT2D eigenvalue weighted by atomic mass is 10.2. The van der Waals surface area contributed by atoms with Crippen LogP contribution < -0.4 is 16.0 Å². The van der Waals surface area contributed by atoms with Crippen LogP contribution in [-0.4, -0.2) is 36.3 Å². The minimum Gasteiger partial charge on any atom is -0.493 e. The van der Waals surface area contributed by atoms with E-state index in [1.54, 1.807) is 4.68 Å². The van der Waals surface area contributed by atoms with Crippen molar-refractivity contribution < 1.29 is 22.6 Å². The molecule has 19 heavy (non-hydrogen) atoms. The van der Waals surface area contributed by atoms with Gasteiger partial charge in [0.1, 0.15) is 12.3 Å². The monoisotopic (exact) mass is 282 g/mol. The molecule has 6 nitrogen and oxygen atoms in total. The quantitative estimate of drug-likeness (QED) is 0.576. The van der Waals surface area contributed by atoms with Gasteiger partial charge in [0.25, 0.3) is 0 Å². The van der Waals surface area contributed by atoms with Gasteiger partial charge in [0, 0.05) is 6.54 Å². The Morgan fingerprint density at radius 2 is 2.21 bits per heavy atom. The molecule has 1 atom stereocenters. The number of nitrogens with two attached hydrogens (primary N) is 1. The second kappa shape index (κ2) is 6.73. The fourth-order valence-corrected chi connectivity index (χ4v) is 1.64. The van der Waals surface area contributed by atoms with Crippen LogP contribution in [0.15, 0.2) is 6.20 Å². The highest BCUT2D eigenvalue weighted by Gasteiger charge is 2.29. The molecule has 0 saturated carbocycles. The zero-order valence-corrected chi connectivity index (χ0v) is 10.7. The predicted octanol–water partition coefficient (Wildman–Crippen LogP) is 0.995. The molecule has 9 heteroatoms. The third-order valence-electron chi connectivity index (χ3n) is 2.45. The summed E-state index contributed by atoms with van der Waals surface area (Å²) in [4.78, 5) is 0. The molecule has 1 unspecified atom stereocenters. The number of ether oxygens (including phenoxy) is 2. The summed E-state index contributed by atoms with van der Waals surface area (Å²) >= 11 is 0. The van der Waals surface area contributed by atoms with Crippen molar-refractivity contribution in [1.82, 2.24) is 15.2 Å². The standard InChI is InChI=1S/C10H17F3N4O2/c1-3-17-9(8(18-2)4-15-17)7(16-14)5-19-6-10(11,12)13/h4,7,16H,3,5-6,14H2,1-2H3. The van der Waals surface area contributed by atoms with Crippen LogP contribution in [0.4, 0.5) is 13.2 Å². The molecule has 0 fully saturated rings. The molecule has 1 aromatic rings. The molecule has 0 amide bonds. The summed E-state index contributed by atoms with van der Waals surface area (Å²) in [7, 11) is 1.45. The lowest BCUT2D eigenvalue weighted by Crippen LogP contribution is -2.34. The fraction of sp³-hybridized carbons (Fsp3) is 0.700. The van der Waals surface area contributed by atoms with Gasteiger partial charge in [-0.3, -0.25) is 10.5 Å². The first-order valence-electron chi connectivity index (χ1n) is 5.63. The number of halogens is 3. The van der Waals surface area contributed by atoms with Gasteiger partial charge in [-0.25, -0.2) is 5.43 Å². The van der Waals surface area contributed by atoms with Crippen molar-refractivity contribution in [3.05, 3.63) is 11.9 Å². The van der Waals surface area contributed by atoms with Crippen LogP contribution in [0.2, 0.25) is 0 Å². The van der Waals surface area contributed by atoms with Gasteiger partial charge in [0.05, 0.1) is 26.0 Å². The number of aromatic nitrogens is 2. The smallest absolute Gasteiger partial charge is 0.411 e. The maximum absolute atomic E-state index is 12.0. The van der Waals surface area contributed by atoms with Crippen LogP contribution in [0.1, 0.15) is 18.7 Å². The van der Waals surface area contributed by atoms with E-state index in [1.807, 2.05) is 6.92 Å². The van der Waals surface area contributed by atoms with E-state index in [-0.39, 0.29) is 6.61 Å². The Labute approximate surface area is 108 Å². The van der Waals surface area contributed by atoms with Crippen LogP contribution in [0.3, 0.4) is 0 Å². The summed E-state index contributed by atoms with van der Waals surface area (Å²) in [5.41, 5.74) is 2.96. The summed E-state index contributed by atoms with van der Waals surface area (Å²) in [6.45, 7) is 0.821. The van der Waals surface area contributed by atoms with Gasteiger partial charge < -0.3 is 9.47 Å². The molecule has 0 aromatic carbocycles. The van der Waals surface area contributed by atoms with E-state index in [9.17, 15) is 13.2 Å². The lowest BCUT2D eigenvalue weighted by Gasteiger charge is -2.19. The summed E-state index contributed by atoms with van der Waals surface area (Å²) in [5.74, 6) is 5.80. The average Bonchev–Trinajstić information content (AvgIpc) is 2.76. The fourth-order valence-electron chi connectivity index (χ4n) is 1.64. The van der Waals surface area contributed by atoms with Crippen molar-refractivity contribution in [3.63, 3.8) is 0 Å². The zero-order chi connectivity index (χ0) is 14.5. The van der Waals surface area contributed by atoms with Crippen molar-refractivity contribution in [1.29, 1.82) is 0 Å². The van der Waals surface area contributed by atoms with Gasteiger partial charge in [0.15, 0.2) is 5.75 Å². The number of nitrogens with one attached hydrogen (secondary N) is 1. The van der Waals surface area contributed by atoms with Crippen LogP contribution in [0, 0.1) is 0 Å². The van der Waals surface area contributed by atoms with E-state index in [4.69, 9.17) is 10.6 Å². The number of methoxy groups -OCH3 is 1. The first-order valence-corrected chi connectivity index (χ1v) is 5.63. The van der Waals surface area contributed by atoms with Crippen molar-refractivity contribution in [2.75, 3.05) is 20.3 Å². The molecule has 0 bridgehead atoms. The van der Waals surface area contributed by atoms with E-state index >= 15 is 0 Å². The third kappa shape index (κ3) is 4.37. The van der Waals surface area contributed by atoms with Gasteiger partial charge in [0.2, 0.25) is 0 Å². The minimum absolute atomic E-state index is 0.238. The highest BCUT2D eigenvalue weighted by Crippen LogP contribution is 2.25. The molecule has 0 spiro atoms. The highest BCUT2D eigenvalue weighted by molar-refractivity contribution is 5.28. The number of rotatable bonds is 7. The Balaban J connectivity index is 2.76. The number of alkyl halides is 3. The van der Waals surface area contributed by atoms with Crippen LogP contribution in [0.5, 0.6) is 5.75 Å². The van der Waals surface area contributed by atoms with Gasteiger partial charge in [-0.2, -0.15) is 18.3 Å². The summed E-state index contributed by atoms with van der Waals surface area (Å²) in [6, 6.07) is -0.639. The van der Waals surface area contributed by atoms with E-state index in [1.165, 1.54) is 13.3 Å². The first kappa shape index (κ1) is 15.7. The molecular weight excluding hydrogens is 265 g/mol. The Morgan fingerprint density at radius 1 is 1.53 bits per heavy atom. The zero-order valence-electron chi connectivity index (χ0n) is 10.7. The number of nitrogens with zero attached hydrogens (tertiary/aromatic N) is 2. The average molecular weight is 282 g/mol. The third-order valence-corrected chi connectivity index (χ3v) is 2.45. The van der Waals surface area contributed by atoms with Crippen molar-refractivity contribution in [2.24, 2.45) is 5.84 Å². The van der Waals surface area contributed by atoms with Crippen LogP contribution >= 0.6 is 0 Å². The number of hydrogen-bond acceptors (Lipinski definition) is 5. The van der Waals surface area contributed by atoms with Crippen molar-refractivity contribution >= 4 is 0 Å². The van der Waals surface area contributed by atoms with Crippen molar-refractivity contribution in [2.45, 2.75) is 25.7 Å². The van der Waals surface area contributed by atoms with Crippen LogP contribution in [-0.2, 0) is 11.3 Å². The predicted molar refractivity (Wildman–Crippen MR) is 61.4 cm³/mol. The molecule has 0 aliphatic heterocycles. The molecule has 0 saturated heterocycles. The summed E-state index contributed by atoms with van der Waals surface area (Å²) in [5, 5.41) is 4.05. The van der Waals surface area contributed by atoms with E-state index in [0.717, 1.165) is 0 Å². The van der Waals surface area contributed by atoms with Crippen molar-refractivity contribution in [3.8, 4) is 5.75 Å². The summed E-state index contributed by atoms with van der Waals surface area (Å²) in [6.07, 6.45) is -2.89. The molecule has 0 radical (unpaired) electrons. The second-order valence-electron chi connectivity index (χ2n) is 3.76. The highest BCUT2D eigenvalue weighted by atomic mass is 19.4.